The molecule has 0 amide bonds. The highest BCUT2D eigenvalue weighted by Crippen LogP contribution is 2.38. The van der Waals surface area contributed by atoms with Crippen molar-refractivity contribution in [2.45, 2.75) is 408 Å². The fourth-order valence-electron chi connectivity index (χ4n) is 14.4. The third-order valence-corrected chi connectivity index (χ3v) is 21.5. The molecular formula is C98H157N3O10. The second-order valence-electron chi connectivity index (χ2n) is 31.9. The van der Waals surface area contributed by atoms with Gasteiger partial charge >= 0.3 is 17.9 Å². The smallest absolute Gasteiger partial charge is 0.306 e. The van der Waals surface area contributed by atoms with Gasteiger partial charge in [0.25, 0.3) is 0 Å². The Morgan fingerprint density at radius 2 is 0.694 bits per heavy atom. The van der Waals surface area contributed by atoms with Gasteiger partial charge in [-0.2, -0.15) is 0 Å². The first kappa shape index (κ1) is 96.9. The number of aromatic nitrogens is 3. The number of hydrogen-bond donors (Lipinski definition) is 0. The van der Waals surface area contributed by atoms with Crippen molar-refractivity contribution in [3.05, 3.63) is 115 Å². The fraction of sp³-hybridized carbons (Fsp3) is 0.694. The van der Waals surface area contributed by atoms with E-state index in [4.69, 9.17) is 33.2 Å². The molecule has 2 heterocycles. The molecule has 5 aromatic rings. The lowest BCUT2D eigenvalue weighted by atomic mass is 9.77. The van der Waals surface area contributed by atoms with Gasteiger partial charge in [-0.15, -0.1) is 0 Å². The Labute approximate surface area is 677 Å². The standard InChI is InChI=1S/C36H62O3.C33H51NO3.C29H44N2O4/c1-4-6-8-10-13-16-20-32-22-24-33(25-23-32)34-26-28-35(29-27-34)38-30-18-14-11-12-15-19-31(3)39-36(37)21-17-9-7-5-2;1-4-6-8-9-10-15-18-29-20-25-32(34-27-29)30-21-23-31(24-22-30)36-26-16-12-11-14-17-28(3)37-33(35)19-13-7-5-2;1-4-6-7-8-9-12-20-33-26-18-16-25(17-19-26)29-30-22-27(23-31-29)34-21-13-10-11-15-24(3)35-28(32)14-5-2/h26-29,31-33H,4-25,30H2,1-3H3;20-25,27-28H,4-19,26H2,1-3H3;16-19,22-24H,4-15,20-21H2,1-3H3. The van der Waals surface area contributed by atoms with Gasteiger partial charge in [0.2, 0.25) is 0 Å². The summed E-state index contributed by atoms with van der Waals surface area (Å²) in [4.78, 5) is 48.7. The van der Waals surface area contributed by atoms with Crippen LogP contribution in [0.5, 0.6) is 23.0 Å². The average molecular weight is 1540 g/mol. The van der Waals surface area contributed by atoms with Crippen molar-refractivity contribution in [1.82, 2.24) is 15.0 Å². The molecular weight excluding hydrogens is 1380 g/mol. The molecule has 2 aromatic heterocycles. The van der Waals surface area contributed by atoms with Gasteiger partial charge in [-0.1, -0.05) is 233 Å². The largest absolute Gasteiger partial charge is 0.494 e. The topological polar surface area (TPSA) is 154 Å². The highest BCUT2D eigenvalue weighted by atomic mass is 16.6. The van der Waals surface area contributed by atoms with Crippen molar-refractivity contribution < 1.29 is 47.5 Å². The molecule has 111 heavy (non-hydrogen) atoms. The van der Waals surface area contributed by atoms with Crippen LogP contribution in [0.4, 0.5) is 0 Å². The van der Waals surface area contributed by atoms with Gasteiger partial charge in [-0.3, -0.25) is 19.4 Å². The molecule has 0 radical (unpaired) electrons. The van der Waals surface area contributed by atoms with Crippen LogP contribution in [0.2, 0.25) is 0 Å². The van der Waals surface area contributed by atoms with Crippen LogP contribution >= 0.6 is 0 Å². The number of unbranched alkanes of at least 4 members (excludes halogenated alkanes) is 29. The molecule has 624 valence electrons. The van der Waals surface area contributed by atoms with Crippen LogP contribution in [0.3, 0.4) is 0 Å². The Bertz CT molecular complexity index is 2990. The molecule has 1 fully saturated rings. The second-order valence-corrected chi connectivity index (χ2v) is 31.9. The zero-order chi connectivity index (χ0) is 79.7. The summed E-state index contributed by atoms with van der Waals surface area (Å²) in [5.74, 6) is 5.72. The molecule has 0 spiro atoms. The van der Waals surface area contributed by atoms with Crippen LogP contribution in [-0.4, -0.2) is 77.6 Å². The van der Waals surface area contributed by atoms with E-state index in [2.05, 4.69) is 98.1 Å². The van der Waals surface area contributed by atoms with Crippen LogP contribution in [0.15, 0.2) is 104 Å². The number of hydrogen-bond acceptors (Lipinski definition) is 13. The lowest BCUT2D eigenvalue weighted by molar-refractivity contribution is -0.149. The predicted molar refractivity (Wildman–Crippen MR) is 462 cm³/mol. The van der Waals surface area contributed by atoms with Gasteiger partial charge in [0, 0.05) is 36.6 Å². The minimum Gasteiger partial charge on any atom is -0.494 e. The van der Waals surface area contributed by atoms with E-state index in [1.807, 2.05) is 70.3 Å². The second kappa shape index (κ2) is 65.9. The summed E-state index contributed by atoms with van der Waals surface area (Å²) in [6, 6.07) is 29.6. The van der Waals surface area contributed by atoms with Crippen LogP contribution in [-0.2, 0) is 35.0 Å². The van der Waals surface area contributed by atoms with Crippen molar-refractivity contribution in [2.75, 3.05) is 26.4 Å². The number of carbonyl (C=O) groups excluding carboxylic acids is 3. The molecule has 0 bridgehead atoms. The molecule has 1 saturated carbocycles. The Kier molecular flexibility index (Phi) is 57.5. The van der Waals surface area contributed by atoms with Crippen molar-refractivity contribution >= 4 is 17.9 Å². The van der Waals surface area contributed by atoms with Gasteiger partial charge in [-0.05, 0) is 239 Å². The van der Waals surface area contributed by atoms with E-state index in [9.17, 15) is 14.4 Å². The third kappa shape index (κ3) is 49.7. The number of benzene rings is 3. The summed E-state index contributed by atoms with van der Waals surface area (Å²) >= 11 is 0. The van der Waals surface area contributed by atoms with Crippen LogP contribution in [0.25, 0.3) is 22.6 Å². The van der Waals surface area contributed by atoms with Gasteiger partial charge < -0.3 is 33.2 Å². The zero-order valence-corrected chi connectivity index (χ0v) is 71.8. The van der Waals surface area contributed by atoms with Gasteiger partial charge in [0.1, 0.15) is 17.2 Å². The Morgan fingerprint density at radius 1 is 0.333 bits per heavy atom. The Balaban J connectivity index is 0.000000352. The normalized spacial score (nSPS) is 14.0. The molecule has 3 aromatic carbocycles. The first-order chi connectivity index (χ1) is 54.4. The van der Waals surface area contributed by atoms with E-state index in [1.165, 1.54) is 184 Å². The minimum absolute atomic E-state index is 0.0168. The first-order valence-corrected chi connectivity index (χ1v) is 45.5. The summed E-state index contributed by atoms with van der Waals surface area (Å²) in [6.45, 7) is 22.0. The van der Waals surface area contributed by atoms with Crippen LogP contribution in [0, 0.1) is 5.92 Å². The molecule has 1 aliphatic carbocycles. The highest BCUT2D eigenvalue weighted by Gasteiger charge is 2.23. The van der Waals surface area contributed by atoms with Crippen LogP contribution in [0.1, 0.15) is 394 Å². The summed E-state index contributed by atoms with van der Waals surface area (Å²) in [7, 11) is 0. The van der Waals surface area contributed by atoms with Crippen molar-refractivity contribution in [1.29, 1.82) is 0 Å². The average Bonchev–Trinajstić information content (AvgIpc) is 0.866. The summed E-state index contributed by atoms with van der Waals surface area (Å²) in [6.07, 6.45) is 63.9. The number of nitrogens with zero attached hydrogens (tertiary/aromatic N) is 3. The maximum Gasteiger partial charge on any atom is 0.306 e. The molecule has 3 atom stereocenters. The molecule has 0 saturated heterocycles. The quantitative estimate of drug-likeness (QED) is 0.0206. The Hall–Kier alpha value is -6.50. The van der Waals surface area contributed by atoms with E-state index < -0.39 is 0 Å². The SMILES string of the molecule is CCCCCCCCC1CCC(c2ccc(OCCCCCCCC(C)OC(=O)CCCCCC)cc2)CC1.CCCCCCCCOc1ccc(-c2ncc(OCCCCCC(C)OC(=O)CCC)cn2)cc1.CCCCCCCCc1ccc(-c2ccc(OCCCCCCC(C)OC(=O)CCCCC)cc2)nc1. The zero-order valence-electron chi connectivity index (χ0n) is 71.8. The summed E-state index contributed by atoms with van der Waals surface area (Å²) in [5.41, 5.74) is 5.93. The molecule has 3 unspecified atom stereocenters. The van der Waals surface area contributed by atoms with E-state index in [0.29, 0.717) is 37.4 Å². The van der Waals surface area contributed by atoms with Crippen molar-refractivity contribution in [3.8, 4) is 45.6 Å². The van der Waals surface area contributed by atoms with E-state index in [0.717, 1.165) is 194 Å². The summed E-state index contributed by atoms with van der Waals surface area (Å²) in [5, 5.41) is 0. The summed E-state index contributed by atoms with van der Waals surface area (Å²) < 4.78 is 40.0. The highest BCUT2D eigenvalue weighted by molar-refractivity contribution is 5.70. The fourth-order valence-corrected chi connectivity index (χ4v) is 14.4. The molecule has 1 aliphatic rings. The molecule has 0 aliphatic heterocycles. The first-order valence-electron chi connectivity index (χ1n) is 45.5. The monoisotopic (exact) mass is 1540 g/mol. The maximum absolute atomic E-state index is 11.9. The van der Waals surface area contributed by atoms with Gasteiger partial charge in [-0.25, -0.2) is 9.97 Å². The number of rotatable bonds is 63. The molecule has 6 rings (SSSR count). The molecule has 13 heteroatoms. The molecule has 13 nitrogen and oxygen atoms in total. The Morgan fingerprint density at radius 3 is 1.14 bits per heavy atom. The van der Waals surface area contributed by atoms with Crippen LogP contribution < -0.4 is 18.9 Å². The van der Waals surface area contributed by atoms with E-state index in [1.54, 1.807) is 12.4 Å². The van der Waals surface area contributed by atoms with E-state index in [-0.39, 0.29) is 36.2 Å². The minimum atomic E-state index is -0.0976. The number of aryl methyl sites for hydroxylation is 1. The lowest BCUT2D eigenvalue weighted by Gasteiger charge is -2.29. The van der Waals surface area contributed by atoms with E-state index >= 15 is 0 Å². The predicted octanol–water partition coefficient (Wildman–Crippen LogP) is 28.4. The number of ether oxygens (including phenoxy) is 7. The van der Waals surface area contributed by atoms with Gasteiger partial charge in [0.15, 0.2) is 11.6 Å². The number of esters is 3. The van der Waals surface area contributed by atoms with Crippen molar-refractivity contribution in [3.63, 3.8) is 0 Å². The number of carbonyl (C=O) groups is 3. The van der Waals surface area contributed by atoms with Gasteiger partial charge in [0.05, 0.1) is 62.8 Å². The third-order valence-electron chi connectivity index (χ3n) is 21.5. The van der Waals surface area contributed by atoms with Crippen molar-refractivity contribution in [2.24, 2.45) is 5.92 Å². The molecule has 0 N–H and O–H groups in total. The maximum atomic E-state index is 11.9. The number of pyridine rings is 1. The lowest BCUT2D eigenvalue weighted by Crippen LogP contribution is -2.14.